The molecule has 4 nitrogen and oxygen atoms in total. The van der Waals surface area contributed by atoms with Crippen LogP contribution < -0.4 is 16.4 Å². The molecule has 100 valence electrons. The summed E-state index contributed by atoms with van der Waals surface area (Å²) >= 11 is 0. The Morgan fingerprint density at radius 3 is 2.63 bits per heavy atom. The Labute approximate surface area is 113 Å². The minimum absolute atomic E-state index is 0.332. The summed E-state index contributed by atoms with van der Waals surface area (Å²) in [6.07, 6.45) is 3.90. The van der Waals surface area contributed by atoms with Gasteiger partial charge in [0.25, 0.3) is 0 Å². The maximum Gasteiger partial charge on any atom is 0.136 e. The van der Waals surface area contributed by atoms with Crippen molar-refractivity contribution in [1.82, 2.24) is 4.98 Å². The molecule has 0 radical (unpaired) electrons. The number of piperidine rings is 1. The number of nitrogens with two attached hydrogens (primary N) is 2. The van der Waals surface area contributed by atoms with Crippen LogP contribution in [0.15, 0.2) is 24.4 Å². The van der Waals surface area contributed by atoms with Crippen molar-refractivity contribution >= 4 is 22.3 Å². The highest BCUT2D eigenvalue weighted by Gasteiger charge is 2.19. The molecule has 4 heteroatoms. The zero-order valence-corrected chi connectivity index (χ0v) is 11.3. The van der Waals surface area contributed by atoms with Crippen LogP contribution in [0.3, 0.4) is 0 Å². The van der Waals surface area contributed by atoms with Crippen molar-refractivity contribution in [2.75, 3.05) is 23.7 Å². The SMILES string of the molecule is Cc1ccc2c(N3CCC(N)CC3)nccc2c1N. The van der Waals surface area contributed by atoms with Gasteiger partial charge >= 0.3 is 0 Å². The normalized spacial score (nSPS) is 17.1. The molecule has 1 saturated heterocycles. The van der Waals surface area contributed by atoms with Gasteiger partial charge in [-0.15, -0.1) is 0 Å². The minimum Gasteiger partial charge on any atom is -0.398 e. The molecule has 0 amide bonds. The van der Waals surface area contributed by atoms with Gasteiger partial charge < -0.3 is 16.4 Å². The first-order valence-electron chi connectivity index (χ1n) is 6.81. The van der Waals surface area contributed by atoms with Gasteiger partial charge in [-0.05, 0) is 31.4 Å². The minimum atomic E-state index is 0.332. The topological polar surface area (TPSA) is 68.2 Å². The van der Waals surface area contributed by atoms with Gasteiger partial charge in [0.05, 0.1) is 0 Å². The Morgan fingerprint density at radius 1 is 1.16 bits per heavy atom. The average molecular weight is 256 g/mol. The number of aryl methyl sites for hydroxylation is 1. The number of fused-ring (bicyclic) bond motifs is 1. The highest BCUT2D eigenvalue weighted by Crippen LogP contribution is 2.31. The van der Waals surface area contributed by atoms with E-state index in [9.17, 15) is 0 Å². The van der Waals surface area contributed by atoms with E-state index in [1.165, 1.54) is 0 Å². The second-order valence-corrected chi connectivity index (χ2v) is 5.35. The molecule has 4 N–H and O–H groups in total. The van der Waals surface area contributed by atoms with Crippen LogP contribution in [0.1, 0.15) is 18.4 Å². The molecular formula is C15H20N4. The molecule has 1 fully saturated rings. The second-order valence-electron chi connectivity index (χ2n) is 5.35. The first-order chi connectivity index (χ1) is 9.16. The number of anilines is 2. The van der Waals surface area contributed by atoms with E-state index in [-0.39, 0.29) is 0 Å². The fourth-order valence-electron chi connectivity index (χ4n) is 2.74. The lowest BCUT2D eigenvalue weighted by Gasteiger charge is -2.31. The third-order valence-electron chi connectivity index (χ3n) is 4.02. The van der Waals surface area contributed by atoms with Crippen LogP contribution in [0.2, 0.25) is 0 Å². The van der Waals surface area contributed by atoms with E-state index in [2.05, 4.69) is 22.0 Å². The molecule has 1 aromatic heterocycles. The van der Waals surface area contributed by atoms with Crippen molar-refractivity contribution in [3.8, 4) is 0 Å². The van der Waals surface area contributed by atoms with E-state index in [0.717, 1.165) is 53.8 Å². The van der Waals surface area contributed by atoms with Gasteiger partial charge in [-0.2, -0.15) is 0 Å². The van der Waals surface area contributed by atoms with E-state index < -0.39 is 0 Å². The number of hydrogen-bond donors (Lipinski definition) is 2. The number of rotatable bonds is 1. The predicted molar refractivity (Wildman–Crippen MR) is 80.3 cm³/mol. The smallest absolute Gasteiger partial charge is 0.136 e. The lowest BCUT2D eigenvalue weighted by atomic mass is 10.0. The molecule has 1 aliphatic rings. The Hall–Kier alpha value is -1.81. The summed E-state index contributed by atoms with van der Waals surface area (Å²) in [5, 5.41) is 2.24. The van der Waals surface area contributed by atoms with E-state index in [1.54, 1.807) is 0 Å². The van der Waals surface area contributed by atoms with E-state index in [1.807, 2.05) is 19.2 Å². The van der Waals surface area contributed by atoms with Crippen molar-refractivity contribution in [2.45, 2.75) is 25.8 Å². The van der Waals surface area contributed by atoms with Crippen LogP contribution in [0, 0.1) is 6.92 Å². The molecule has 2 heterocycles. The number of nitrogen functional groups attached to an aromatic ring is 1. The maximum atomic E-state index is 6.17. The van der Waals surface area contributed by atoms with Crippen LogP contribution >= 0.6 is 0 Å². The third-order valence-corrected chi connectivity index (χ3v) is 4.02. The van der Waals surface area contributed by atoms with Gasteiger partial charge in [-0.25, -0.2) is 4.98 Å². The van der Waals surface area contributed by atoms with Gasteiger partial charge in [-0.3, -0.25) is 0 Å². The third kappa shape index (κ3) is 2.12. The van der Waals surface area contributed by atoms with E-state index >= 15 is 0 Å². The Balaban J connectivity index is 2.07. The van der Waals surface area contributed by atoms with Crippen LogP contribution in [0.4, 0.5) is 11.5 Å². The summed E-state index contributed by atoms with van der Waals surface area (Å²) in [5.74, 6) is 1.04. The molecule has 0 unspecified atom stereocenters. The molecule has 1 aliphatic heterocycles. The zero-order chi connectivity index (χ0) is 13.4. The van der Waals surface area contributed by atoms with Crippen molar-refractivity contribution in [2.24, 2.45) is 5.73 Å². The first-order valence-corrected chi connectivity index (χ1v) is 6.81. The predicted octanol–water partition coefficient (Wildman–Crippen LogP) is 2.05. The fraction of sp³-hybridized carbons (Fsp3) is 0.400. The maximum absolute atomic E-state index is 6.17. The number of hydrogen-bond acceptors (Lipinski definition) is 4. The molecule has 3 rings (SSSR count). The van der Waals surface area contributed by atoms with Crippen molar-refractivity contribution in [3.05, 3.63) is 30.0 Å². The largest absolute Gasteiger partial charge is 0.398 e. The molecule has 19 heavy (non-hydrogen) atoms. The molecule has 0 atom stereocenters. The lowest BCUT2D eigenvalue weighted by Crippen LogP contribution is -2.40. The quantitative estimate of drug-likeness (QED) is 0.766. The van der Waals surface area contributed by atoms with Gasteiger partial charge in [0, 0.05) is 41.8 Å². The summed E-state index contributed by atoms with van der Waals surface area (Å²) in [6.45, 7) is 3.98. The number of pyridine rings is 1. The summed E-state index contributed by atoms with van der Waals surface area (Å²) in [5.41, 5.74) is 14.1. The molecular weight excluding hydrogens is 236 g/mol. The van der Waals surface area contributed by atoms with Crippen LogP contribution in [0.5, 0.6) is 0 Å². The molecule has 2 aromatic rings. The van der Waals surface area contributed by atoms with Gasteiger partial charge in [-0.1, -0.05) is 12.1 Å². The second kappa shape index (κ2) is 4.70. The monoisotopic (exact) mass is 256 g/mol. The number of benzene rings is 1. The summed E-state index contributed by atoms with van der Waals surface area (Å²) in [6, 6.07) is 6.52. The van der Waals surface area contributed by atoms with Crippen molar-refractivity contribution in [1.29, 1.82) is 0 Å². The van der Waals surface area contributed by atoms with Crippen molar-refractivity contribution in [3.63, 3.8) is 0 Å². The van der Waals surface area contributed by atoms with Gasteiger partial charge in [0.1, 0.15) is 5.82 Å². The van der Waals surface area contributed by atoms with Gasteiger partial charge in [0.15, 0.2) is 0 Å². The lowest BCUT2D eigenvalue weighted by molar-refractivity contribution is 0.499. The van der Waals surface area contributed by atoms with Crippen molar-refractivity contribution < 1.29 is 0 Å². The summed E-state index contributed by atoms with van der Waals surface area (Å²) in [7, 11) is 0. The molecule has 0 aliphatic carbocycles. The first kappa shape index (κ1) is 12.2. The Bertz CT molecular complexity index is 600. The number of aromatic nitrogens is 1. The average Bonchev–Trinajstić information content (AvgIpc) is 2.43. The highest BCUT2D eigenvalue weighted by atomic mass is 15.2. The Kier molecular flexibility index (Phi) is 3.03. The Morgan fingerprint density at radius 2 is 1.89 bits per heavy atom. The van der Waals surface area contributed by atoms with Gasteiger partial charge in [0.2, 0.25) is 0 Å². The molecule has 1 aromatic carbocycles. The van der Waals surface area contributed by atoms with Crippen LogP contribution in [-0.2, 0) is 0 Å². The highest BCUT2D eigenvalue weighted by molar-refractivity contribution is 6.00. The fourth-order valence-corrected chi connectivity index (χ4v) is 2.74. The van der Waals surface area contributed by atoms with E-state index in [0.29, 0.717) is 6.04 Å². The number of nitrogens with zero attached hydrogens (tertiary/aromatic N) is 2. The summed E-state index contributed by atoms with van der Waals surface area (Å²) in [4.78, 5) is 6.88. The van der Waals surface area contributed by atoms with E-state index in [4.69, 9.17) is 11.5 Å². The zero-order valence-electron chi connectivity index (χ0n) is 11.3. The van der Waals surface area contributed by atoms with Crippen LogP contribution in [0.25, 0.3) is 10.8 Å². The molecule has 0 spiro atoms. The van der Waals surface area contributed by atoms with Crippen LogP contribution in [-0.4, -0.2) is 24.1 Å². The summed E-state index contributed by atoms with van der Waals surface area (Å²) < 4.78 is 0. The molecule has 0 saturated carbocycles. The standard InChI is InChI=1S/C15H20N4/c1-10-2-3-13-12(14(10)17)4-7-18-15(13)19-8-5-11(16)6-9-19/h2-4,7,11H,5-6,8-9,16-17H2,1H3. The molecule has 0 bridgehead atoms.